The molecule has 3 nitrogen and oxygen atoms in total. The van der Waals surface area contributed by atoms with Gasteiger partial charge in [0.1, 0.15) is 11.5 Å². The molecule has 1 aliphatic carbocycles. The van der Waals surface area contributed by atoms with Crippen LogP contribution in [0.5, 0.6) is 11.5 Å². The summed E-state index contributed by atoms with van der Waals surface area (Å²) in [7, 11) is 1.61. The molecule has 0 heterocycles. The largest absolute Gasteiger partial charge is 0.507 e. The molecule has 2 rings (SSSR count). The standard InChI is InChI=1S/C17H27NO2/c1-12(14-9-8-13(20-4)11-15(14)19)18-16-7-5-6-10-17(16,2)3/h8-9,11-12,16,18-19H,5-7,10H2,1-4H3. The SMILES string of the molecule is COc1ccc(C(C)NC2CCCCC2(C)C)c(O)c1. The normalized spacial score (nSPS) is 23.3. The Kier molecular flexibility index (Phi) is 4.59. The predicted molar refractivity (Wildman–Crippen MR) is 82.2 cm³/mol. The minimum Gasteiger partial charge on any atom is -0.507 e. The number of methoxy groups -OCH3 is 1. The predicted octanol–water partition coefficient (Wildman–Crippen LogP) is 4.02. The van der Waals surface area contributed by atoms with Crippen LogP contribution in [0.2, 0.25) is 0 Å². The summed E-state index contributed by atoms with van der Waals surface area (Å²) in [6.07, 6.45) is 5.11. The first-order valence-corrected chi connectivity index (χ1v) is 7.57. The third kappa shape index (κ3) is 3.26. The third-order valence-electron chi connectivity index (χ3n) is 4.66. The van der Waals surface area contributed by atoms with E-state index in [2.05, 4.69) is 26.1 Å². The number of hydrogen-bond acceptors (Lipinski definition) is 3. The van der Waals surface area contributed by atoms with Crippen LogP contribution < -0.4 is 10.1 Å². The van der Waals surface area contributed by atoms with Crippen molar-refractivity contribution in [3.63, 3.8) is 0 Å². The van der Waals surface area contributed by atoms with Gasteiger partial charge in [0, 0.05) is 23.7 Å². The number of phenolic OH excluding ortho intramolecular Hbond substituents is 1. The highest BCUT2D eigenvalue weighted by Gasteiger charge is 2.33. The van der Waals surface area contributed by atoms with E-state index in [0.29, 0.717) is 23.0 Å². The van der Waals surface area contributed by atoms with Gasteiger partial charge < -0.3 is 15.2 Å². The third-order valence-corrected chi connectivity index (χ3v) is 4.66. The lowest BCUT2D eigenvalue weighted by molar-refractivity contribution is 0.157. The van der Waals surface area contributed by atoms with Crippen LogP contribution in [0.4, 0.5) is 0 Å². The molecule has 0 radical (unpaired) electrons. The Balaban J connectivity index is 2.09. The fourth-order valence-corrected chi connectivity index (χ4v) is 3.21. The average Bonchev–Trinajstić information content (AvgIpc) is 2.40. The van der Waals surface area contributed by atoms with Crippen LogP contribution in [0, 0.1) is 5.41 Å². The van der Waals surface area contributed by atoms with Crippen molar-refractivity contribution in [2.24, 2.45) is 5.41 Å². The molecule has 1 saturated carbocycles. The molecule has 112 valence electrons. The summed E-state index contributed by atoms with van der Waals surface area (Å²) < 4.78 is 5.13. The van der Waals surface area contributed by atoms with E-state index in [0.717, 1.165) is 5.56 Å². The highest BCUT2D eigenvalue weighted by Crippen LogP contribution is 2.37. The van der Waals surface area contributed by atoms with Crippen molar-refractivity contribution < 1.29 is 9.84 Å². The summed E-state index contributed by atoms with van der Waals surface area (Å²) in [6.45, 7) is 6.79. The first-order chi connectivity index (χ1) is 9.44. The van der Waals surface area contributed by atoms with Crippen LogP contribution in [0.25, 0.3) is 0 Å². The lowest BCUT2D eigenvalue weighted by atomic mass is 9.73. The van der Waals surface area contributed by atoms with E-state index in [4.69, 9.17) is 4.74 Å². The van der Waals surface area contributed by atoms with E-state index in [1.165, 1.54) is 25.7 Å². The summed E-state index contributed by atoms with van der Waals surface area (Å²) >= 11 is 0. The maximum absolute atomic E-state index is 10.1. The molecule has 0 aliphatic heterocycles. The molecular formula is C17H27NO2. The topological polar surface area (TPSA) is 41.5 Å². The van der Waals surface area contributed by atoms with Gasteiger partial charge in [-0.05, 0) is 31.2 Å². The molecule has 2 unspecified atom stereocenters. The van der Waals surface area contributed by atoms with Crippen molar-refractivity contribution in [3.05, 3.63) is 23.8 Å². The summed E-state index contributed by atoms with van der Waals surface area (Å²) in [5, 5.41) is 13.8. The monoisotopic (exact) mass is 277 g/mol. The van der Waals surface area contributed by atoms with Crippen LogP contribution in [0.3, 0.4) is 0 Å². The van der Waals surface area contributed by atoms with Gasteiger partial charge in [-0.3, -0.25) is 0 Å². The van der Waals surface area contributed by atoms with Crippen molar-refractivity contribution in [2.45, 2.75) is 58.5 Å². The summed E-state index contributed by atoms with van der Waals surface area (Å²) in [5.74, 6) is 0.995. The highest BCUT2D eigenvalue weighted by atomic mass is 16.5. The molecule has 1 aromatic carbocycles. The summed E-state index contributed by atoms with van der Waals surface area (Å²) in [5.41, 5.74) is 1.27. The quantitative estimate of drug-likeness (QED) is 0.873. The number of phenols is 1. The van der Waals surface area contributed by atoms with Crippen LogP contribution in [0.15, 0.2) is 18.2 Å². The second-order valence-corrected chi connectivity index (χ2v) is 6.60. The van der Waals surface area contributed by atoms with Gasteiger partial charge in [-0.15, -0.1) is 0 Å². The van der Waals surface area contributed by atoms with Crippen LogP contribution in [0.1, 0.15) is 58.1 Å². The van der Waals surface area contributed by atoms with Gasteiger partial charge in [-0.2, -0.15) is 0 Å². The van der Waals surface area contributed by atoms with Gasteiger partial charge in [0.15, 0.2) is 0 Å². The van der Waals surface area contributed by atoms with Crippen LogP contribution in [-0.4, -0.2) is 18.3 Å². The van der Waals surface area contributed by atoms with Gasteiger partial charge in [0.05, 0.1) is 7.11 Å². The van der Waals surface area contributed by atoms with Crippen molar-refractivity contribution in [1.82, 2.24) is 5.32 Å². The first kappa shape index (κ1) is 15.2. The van der Waals surface area contributed by atoms with Gasteiger partial charge in [-0.25, -0.2) is 0 Å². The molecule has 2 N–H and O–H groups in total. The number of ether oxygens (including phenoxy) is 1. The van der Waals surface area contributed by atoms with E-state index in [1.807, 2.05) is 12.1 Å². The van der Waals surface area contributed by atoms with Gasteiger partial charge in [0.25, 0.3) is 0 Å². The van der Waals surface area contributed by atoms with Crippen LogP contribution >= 0.6 is 0 Å². The fraction of sp³-hybridized carbons (Fsp3) is 0.647. The lowest BCUT2D eigenvalue weighted by Crippen LogP contribution is -2.45. The van der Waals surface area contributed by atoms with Gasteiger partial charge in [-0.1, -0.05) is 32.8 Å². The van der Waals surface area contributed by atoms with E-state index < -0.39 is 0 Å². The second-order valence-electron chi connectivity index (χ2n) is 6.60. The van der Waals surface area contributed by atoms with Crippen molar-refractivity contribution in [2.75, 3.05) is 7.11 Å². The lowest BCUT2D eigenvalue weighted by Gasteiger charge is -2.41. The number of rotatable bonds is 4. The minimum atomic E-state index is 0.142. The molecule has 0 spiro atoms. The molecule has 0 bridgehead atoms. The fourth-order valence-electron chi connectivity index (χ4n) is 3.21. The second kappa shape index (κ2) is 6.04. The molecule has 0 amide bonds. The average molecular weight is 277 g/mol. The summed E-state index contributed by atoms with van der Waals surface area (Å²) in [6, 6.07) is 6.18. The number of aromatic hydroxyl groups is 1. The molecule has 0 aromatic heterocycles. The molecule has 0 saturated heterocycles. The van der Waals surface area contributed by atoms with Crippen molar-refractivity contribution in [1.29, 1.82) is 0 Å². The Labute approximate surface area is 122 Å². The zero-order chi connectivity index (χ0) is 14.8. The highest BCUT2D eigenvalue weighted by molar-refractivity contribution is 5.41. The number of hydrogen-bond donors (Lipinski definition) is 2. The smallest absolute Gasteiger partial charge is 0.124 e. The van der Waals surface area contributed by atoms with E-state index in [-0.39, 0.29) is 6.04 Å². The zero-order valence-electron chi connectivity index (χ0n) is 13.1. The Morgan fingerprint density at radius 2 is 2.10 bits per heavy atom. The Morgan fingerprint density at radius 1 is 1.35 bits per heavy atom. The molecular weight excluding hydrogens is 250 g/mol. The van der Waals surface area contributed by atoms with Gasteiger partial charge in [0.2, 0.25) is 0 Å². The van der Waals surface area contributed by atoms with Crippen molar-refractivity contribution >= 4 is 0 Å². The molecule has 1 aromatic rings. The van der Waals surface area contributed by atoms with E-state index in [9.17, 15) is 5.11 Å². The maximum Gasteiger partial charge on any atom is 0.124 e. The van der Waals surface area contributed by atoms with Crippen LogP contribution in [-0.2, 0) is 0 Å². The maximum atomic E-state index is 10.1. The van der Waals surface area contributed by atoms with E-state index in [1.54, 1.807) is 13.2 Å². The Hall–Kier alpha value is -1.22. The molecule has 20 heavy (non-hydrogen) atoms. The molecule has 1 fully saturated rings. The first-order valence-electron chi connectivity index (χ1n) is 7.57. The van der Waals surface area contributed by atoms with E-state index >= 15 is 0 Å². The molecule has 2 atom stereocenters. The Bertz CT molecular complexity index is 456. The Morgan fingerprint density at radius 3 is 2.70 bits per heavy atom. The van der Waals surface area contributed by atoms with Gasteiger partial charge >= 0.3 is 0 Å². The molecule has 3 heteroatoms. The minimum absolute atomic E-state index is 0.142. The summed E-state index contributed by atoms with van der Waals surface area (Å²) in [4.78, 5) is 0. The zero-order valence-corrected chi connectivity index (χ0v) is 13.1. The molecule has 1 aliphatic rings. The van der Waals surface area contributed by atoms with Crippen molar-refractivity contribution in [3.8, 4) is 11.5 Å². The number of benzene rings is 1. The number of nitrogens with one attached hydrogen (secondary N) is 1.